The predicted octanol–water partition coefficient (Wildman–Crippen LogP) is 1.31. The first kappa shape index (κ1) is 20.6. The van der Waals surface area contributed by atoms with Gasteiger partial charge in [-0.15, -0.1) is 0 Å². The number of benzene rings is 1. The minimum absolute atomic E-state index is 0.00839. The third-order valence-electron chi connectivity index (χ3n) is 5.46. The maximum atomic E-state index is 12.6. The zero-order valence-corrected chi connectivity index (χ0v) is 16.4. The highest BCUT2D eigenvalue weighted by Gasteiger charge is 2.34. The van der Waals surface area contributed by atoms with Crippen molar-refractivity contribution in [3.8, 4) is 5.75 Å². The number of hydrogen-bond donors (Lipinski definition) is 3. The molecule has 2 amide bonds. The topological polar surface area (TPSA) is 96.9 Å². The van der Waals surface area contributed by atoms with Crippen molar-refractivity contribution in [2.45, 2.75) is 57.2 Å². The van der Waals surface area contributed by atoms with E-state index in [0.29, 0.717) is 38.2 Å². The third kappa shape index (κ3) is 5.94. The minimum atomic E-state index is -0.643. The molecule has 3 N–H and O–H groups in total. The predicted molar refractivity (Wildman–Crippen MR) is 104 cm³/mol. The summed E-state index contributed by atoms with van der Waals surface area (Å²) in [5.74, 6) is 0.146. The van der Waals surface area contributed by atoms with E-state index in [2.05, 4.69) is 10.6 Å². The van der Waals surface area contributed by atoms with Crippen molar-refractivity contribution in [3.05, 3.63) is 29.8 Å². The van der Waals surface area contributed by atoms with Crippen LogP contribution in [0.1, 0.15) is 37.7 Å². The van der Waals surface area contributed by atoms with Crippen LogP contribution in [-0.4, -0.2) is 54.9 Å². The van der Waals surface area contributed by atoms with Gasteiger partial charge in [-0.25, -0.2) is 0 Å². The van der Waals surface area contributed by atoms with Crippen molar-refractivity contribution in [3.63, 3.8) is 0 Å². The largest absolute Gasteiger partial charge is 0.484 e. The van der Waals surface area contributed by atoms with Gasteiger partial charge in [-0.1, -0.05) is 12.1 Å². The lowest BCUT2D eigenvalue weighted by atomic mass is 9.83. The molecule has 1 aromatic carbocycles. The molecule has 1 aromatic rings. The van der Waals surface area contributed by atoms with Gasteiger partial charge in [0.15, 0.2) is 6.61 Å². The van der Waals surface area contributed by atoms with Gasteiger partial charge in [0, 0.05) is 25.2 Å². The maximum Gasteiger partial charge on any atom is 0.258 e. The van der Waals surface area contributed by atoms with Gasteiger partial charge in [0.05, 0.1) is 12.1 Å². The van der Waals surface area contributed by atoms with Crippen molar-refractivity contribution in [2.75, 3.05) is 19.8 Å². The SMILES string of the molecule is Cc1cccc(OCC(=O)N[C@@H]2C[C@@H](C(=O)NC3CCOCC3)CC[C@H]2O)c1. The summed E-state index contributed by atoms with van der Waals surface area (Å²) in [6.45, 7) is 3.18. The number of hydrogen-bond acceptors (Lipinski definition) is 5. The van der Waals surface area contributed by atoms with Crippen molar-refractivity contribution >= 4 is 11.8 Å². The number of carbonyl (C=O) groups excluding carboxylic acids is 2. The van der Waals surface area contributed by atoms with Crippen molar-refractivity contribution < 1.29 is 24.2 Å². The summed E-state index contributed by atoms with van der Waals surface area (Å²) in [5, 5.41) is 16.2. The Balaban J connectivity index is 1.46. The van der Waals surface area contributed by atoms with E-state index in [1.54, 1.807) is 6.07 Å². The molecule has 2 aliphatic rings. The van der Waals surface area contributed by atoms with Gasteiger partial charge in [0.25, 0.3) is 5.91 Å². The van der Waals surface area contributed by atoms with E-state index < -0.39 is 12.1 Å². The first-order valence-electron chi connectivity index (χ1n) is 10.1. The molecule has 0 spiro atoms. The first-order valence-corrected chi connectivity index (χ1v) is 10.1. The van der Waals surface area contributed by atoms with Crippen LogP contribution in [0.4, 0.5) is 0 Å². The molecule has 7 nitrogen and oxygen atoms in total. The molecule has 1 aliphatic heterocycles. The van der Waals surface area contributed by atoms with Gasteiger partial charge < -0.3 is 25.2 Å². The lowest BCUT2D eigenvalue weighted by Gasteiger charge is -2.34. The fraction of sp³-hybridized carbons (Fsp3) is 0.619. The molecule has 3 rings (SSSR count). The second kappa shape index (κ2) is 9.89. The summed E-state index contributed by atoms with van der Waals surface area (Å²) in [4.78, 5) is 24.8. The molecular weight excluding hydrogens is 360 g/mol. The van der Waals surface area contributed by atoms with E-state index in [-0.39, 0.29) is 30.4 Å². The Kier molecular flexibility index (Phi) is 7.28. The molecule has 28 heavy (non-hydrogen) atoms. The molecule has 2 fully saturated rings. The average molecular weight is 390 g/mol. The number of carbonyl (C=O) groups is 2. The van der Waals surface area contributed by atoms with Crippen molar-refractivity contribution in [1.82, 2.24) is 10.6 Å². The normalized spacial score (nSPS) is 25.7. The summed E-state index contributed by atoms with van der Waals surface area (Å²) >= 11 is 0. The number of aliphatic hydroxyl groups excluding tert-OH is 1. The molecule has 1 saturated carbocycles. The van der Waals surface area contributed by atoms with E-state index >= 15 is 0 Å². The van der Waals surface area contributed by atoms with Crippen LogP contribution in [0, 0.1) is 12.8 Å². The molecule has 0 aromatic heterocycles. The molecule has 1 heterocycles. The molecule has 0 radical (unpaired) electrons. The monoisotopic (exact) mass is 390 g/mol. The Labute approximate surface area is 165 Å². The average Bonchev–Trinajstić information content (AvgIpc) is 2.69. The molecule has 3 atom stereocenters. The van der Waals surface area contributed by atoms with Crippen LogP contribution in [0.15, 0.2) is 24.3 Å². The molecule has 1 aliphatic carbocycles. The minimum Gasteiger partial charge on any atom is -0.484 e. The molecular formula is C21H30N2O5. The first-order chi connectivity index (χ1) is 13.5. The number of aryl methyl sites for hydroxylation is 1. The van der Waals surface area contributed by atoms with E-state index in [1.165, 1.54) is 0 Å². The Morgan fingerprint density at radius 2 is 1.96 bits per heavy atom. The fourth-order valence-corrected chi connectivity index (χ4v) is 3.81. The lowest BCUT2D eigenvalue weighted by molar-refractivity contribution is -0.131. The number of rotatable bonds is 6. The second-order valence-electron chi connectivity index (χ2n) is 7.75. The van der Waals surface area contributed by atoms with Crippen molar-refractivity contribution in [2.24, 2.45) is 5.92 Å². The Hall–Kier alpha value is -2.12. The van der Waals surface area contributed by atoms with Gasteiger partial charge in [-0.05, 0) is 56.7 Å². The van der Waals surface area contributed by atoms with E-state index in [4.69, 9.17) is 9.47 Å². The van der Waals surface area contributed by atoms with Crippen LogP contribution < -0.4 is 15.4 Å². The molecule has 154 valence electrons. The van der Waals surface area contributed by atoms with Gasteiger partial charge in [-0.2, -0.15) is 0 Å². The van der Waals surface area contributed by atoms with E-state index in [0.717, 1.165) is 18.4 Å². The van der Waals surface area contributed by atoms with Gasteiger partial charge in [0.1, 0.15) is 5.75 Å². The lowest BCUT2D eigenvalue weighted by Crippen LogP contribution is -2.51. The van der Waals surface area contributed by atoms with Crippen LogP contribution in [0.3, 0.4) is 0 Å². The zero-order chi connectivity index (χ0) is 19.9. The standard InChI is InChI=1S/C21H30N2O5/c1-14-3-2-4-17(11-14)28-13-20(25)23-18-12-15(5-6-19(18)24)21(26)22-16-7-9-27-10-8-16/h2-4,11,15-16,18-19,24H,5-10,12-13H2,1H3,(H,22,26)(H,23,25)/t15-,18+,19+/m0/s1. The number of aliphatic hydroxyl groups is 1. The van der Waals surface area contributed by atoms with Crippen LogP contribution in [0.5, 0.6) is 5.75 Å². The highest BCUT2D eigenvalue weighted by atomic mass is 16.5. The van der Waals surface area contributed by atoms with E-state index in [9.17, 15) is 14.7 Å². The Bertz CT molecular complexity index is 675. The van der Waals surface area contributed by atoms with Crippen molar-refractivity contribution in [1.29, 1.82) is 0 Å². The summed E-state index contributed by atoms with van der Waals surface area (Å²) in [6.07, 6.45) is 2.58. The summed E-state index contributed by atoms with van der Waals surface area (Å²) in [6, 6.07) is 7.20. The highest BCUT2D eigenvalue weighted by Crippen LogP contribution is 2.25. The number of ether oxygens (including phenoxy) is 2. The molecule has 0 unspecified atom stereocenters. The fourth-order valence-electron chi connectivity index (χ4n) is 3.81. The van der Waals surface area contributed by atoms with Crippen LogP contribution in [0.2, 0.25) is 0 Å². The maximum absolute atomic E-state index is 12.6. The van der Waals surface area contributed by atoms with Gasteiger partial charge in [-0.3, -0.25) is 9.59 Å². The summed E-state index contributed by atoms with van der Waals surface area (Å²) < 4.78 is 10.8. The highest BCUT2D eigenvalue weighted by molar-refractivity contribution is 5.80. The zero-order valence-electron chi connectivity index (χ0n) is 16.4. The van der Waals surface area contributed by atoms with Crippen LogP contribution >= 0.6 is 0 Å². The smallest absolute Gasteiger partial charge is 0.258 e. The quantitative estimate of drug-likeness (QED) is 0.681. The van der Waals surface area contributed by atoms with Crippen LogP contribution in [0.25, 0.3) is 0 Å². The summed E-state index contributed by atoms with van der Waals surface area (Å²) in [7, 11) is 0. The molecule has 7 heteroatoms. The Morgan fingerprint density at radius 3 is 2.71 bits per heavy atom. The number of amides is 2. The molecule has 0 bridgehead atoms. The van der Waals surface area contributed by atoms with Gasteiger partial charge >= 0.3 is 0 Å². The second-order valence-corrected chi connectivity index (χ2v) is 7.75. The summed E-state index contributed by atoms with van der Waals surface area (Å²) in [5.41, 5.74) is 1.05. The number of nitrogens with one attached hydrogen (secondary N) is 2. The van der Waals surface area contributed by atoms with Gasteiger partial charge in [0.2, 0.25) is 5.91 Å². The van der Waals surface area contributed by atoms with E-state index in [1.807, 2.05) is 25.1 Å². The molecule has 1 saturated heterocycles. The Morgan fingerprint density at radius 1 is 1.18 bits per heavy atom. The van der Waals surface area contributed by atoms with Crippen LogP contribution in [-0.2, 0) is 14.3 Å². The third-order valence-corrected chi connectivity index (χ3v) is 5.46.